The Balaban J connectivity index is 0.00000441. The fourth-order valence-electron chi connectivity index (χ4n) is 1.79. The van der Waals surface area contributed by atoms with Crippen LogP contribution in [0.4, 0.5) is 0 Å². The van der Waals surface area contributed by atoms with E-state index in [9.17, 15) is 0 Å². The van der Waals surface area contributed by atoms with Gasteiger partial charge in [-0.15, -0.1) is 24.0 Å². The number of aryl methyl sites for hydroxylation is 1. The van der Waals surface area contributed by atoms with Gasteiger partial charge in [0.15, 0.2) is 5.96 Å². The molecule has 0 bridgehead atoms. The molecule has 1 rings (SSSR count). The van der Waals surface area contributed by atoms with Crippen LogP contribution in [0.1, 0.15) is 31.5 Å². The Bertz CT molecular complexity index is 438. The minimum atomic E-state index is 0. The summed E-state index contributed by atoms with van der Waals surface area (Å²) in [5.74, 6) is 1.39. The highest BCUT2D eigenvalue weighted by Crippen LogP contribution is 2.01. The predicted molar refractivity (Wildman–Crippen MR) is 103 cm³/mol. The molecule has 6 heteroatoms. The summed E-state index contributed by atoms with van der Waals surface area (Å²) in [7, 11) is 1.77. The lowest BCUT2D eigenvalue weighted by molar-refractivity contribution is 0.108. The zero-order chi connectivity index (χ0) is 15.5. The SMILES string of the molecule is CN=C(NCCCOCC(C)C)NCc1ncccc1C.I. The maximum absolute atomic E-state index is 5.55. The van der Waals surface area contributed by atoms with Crippen LogP contribution in [0, 0.1) is 12.8 Å². The van der Waals surface area contributed by atoms with Crippen LogP contribution in [0.15, 0.2) is 23.3 Å². The average molecular weight is 420 g/mol. The van der Waals surface area contributed by atoms with Gasteiger partial charge in [0.25, 0.3) is 0 Å². The largest absolute Gasteiger partial charge is 0.381 e. The molecular weight excluding hydrogens is 391 g/mol. The molecule has 0 saturated heterocycles. The molecule has 0 saturated carbocycles. The van der Waals surface area contributed by atoms with Gasteiger partial charge in [0, 0.05) is 33.0 Å². The van der Waals surface area contributed by atoms with Crippen molar-refractivity contribution in [1.29, 1.82) is 0 Å². The Morgan fingerprint density at radius 3 is 2.77 bits per heavy atom. The average Bonchev–Trinajstić information content (AvgIpc) is 2.47. The molecule has 1 aromatic rings. The zero-order valence-electron chi connectivity index (χ0n) is 14.1. The van der Waals surface area contributed by atoms with Crippen molar-refractivity contribution in [2.75, 3.05) is 26.8 Å². The molecule has 0 unspecified atom stereocenters. The molecular formula is C16H29IN4O. The van der Waals surface area contributed by atoms with Gasteiger partial charge >= 0.3 is 0 Å². The second-order valence-electron chi connectivity index (χ2n) is 5.44. The highest BCUT2D eigenvalue weighted by atomic mass is 127. The Labute approximate surface area is 151 Å². The molecule has 5 nitrogen and oxygen atoms in total. The number of hydrogen-bond acceptors (Lipinski definition) is 3. The van der Waals surface area contributed by atoms with Gasteiger partial charge < -0.3 is 15.4 Å². The zero-order valence-corrected chi connectivity index (χ0v) is 16.4. The maximum atomic E-state index is 5.55. The molecule has 1 heterocycles. The lowest BCUT2D eigenvalue weighted by atomic mass is 10.2. The van der Waals surface area contributed by atoms with E-state index in [1.54, 1.807) is 7.05 Å². The molecule has 0 spiro atoms. The molecule has 0 amide bonds. The summed E-state index contributed by atoms with van der Waals surface area (Å²) in [4.78, 5) is 8.56. The minimum absolute atomic E-state index is 0. The normalized spacial score (nSPS) is 11.2. The number of guanidine groups is 1. The van der Waals surface area contributed by atoms with Crippen molar-refractivity contribution in [2.24, 2.45) is 10.9 Å². The number of pyridine rings is 1. The van der Waals surface area contributed by atoms with E-state index >= 15 is 0 Å². The van der Waals surface area contributed by atoms with Gasteiger partial charge in [-0.1, -0.05) is 19.9 Å². The van der Waals surface area contributed by atoms with Crippen LogP contribution in [0.25, 0.3) is 0 Å². The third kappa shape index (κ3) is 9.19. The summed E-state index contributed by atoms with van der Waals surface area (Å²) >= 11 is 0. The van der Waals surface area contributed by atoms with E-state index in [0.717, 1.165) is 37.8 Å². The first kappa shape index (κ1) is 21.1. The molecule has 0 aromatic carbocycles. The summed E-state index contributed by atoms with van der Waals surface area (Å²) in [6.45, 7) is 9.50. The number of hydrogen-bond donors (Lipinski definition) is 2. The van der Waals surface area contributed by atoms with Gasteiger partial charge in [-0.3, -0.25) is 9.98 Å². The van der Waals surface area contributed by atoms with Crippen molar-refractivity contribution < 1.29 is 4.74 Å². The molecule has 0 aliphatic heterocycles. The van der Waals surface area contributed by atoms with Crippen molar-refractivity contribution in [2.45, 2.75) is 33.7 Å². The Morgan fingerprint density at radius 1 is 1.36 bits per heavy atom. The van der Waals surface area contributed by atoms with Crippen molar-refractivity contribution in [3.8, 4) is 0 Å². The van der Waals surface area contributed by atoms with E-state index in [2.05, 4.69) is 47.4 Å². The lowest BCUT2D eigenvalue weighted by Crippen LogP contribution is -2.37. The molecule has 0 aliphatic rings. The predicted octanol–water partition coefficient (Wildman–Crippen LogP) is 2.74. The molecule has 0 radical (unpaired) electrons. The van der Waals surface area contributed by atoms with E-state index < -0.39 is 0 Å². The Kier molecular flexibility index (Phi) is 12.1. The molecule has 126 valence electrons. The van der Waals surface area contributed by atoms with E-state index in [0.29, 0.717) is 12.5 Å². The number of aliphatic imine (C=N–C) groups is 1. The molecule has 0 atom stereocenters. The highest BCUT2D eigenvalue weighted by molar-refractivity contribution is 14.0. The first-order valence-corrected chi connectivity index (χ1v) is 7.56. The number of rotatable bonds is 8. The summed E-state index contributed by atoms with van der Waals surface area (Å²) in [6, 6.07) is 4.01. The quantitative estimate of drug-likeness (QED) is 0.294. The molecule has 2 N–H and O–H groups in total. The number of aromatic nitrogens is 1. The number of nitrogens with zero attached hydrogens (tertiary/aromatic N) is 2. The van der Waals surface area contributed by atoms with Gasteiger partial charge in [0.1, 0.15) is 0 Å². The van der Waals surface area contributed by atoms with Crippen molar-refractivity contribution >= 4 is 29.9 Å². The van der Waals surface area contributed by atoms with Gasteiger partial charge in [0.2, 0.25) is 0 Å². The van der Waals surface area contributed by atoms with Crippen LogP contribution in [0.2, 0.25) is 0 Å². The fourth-order valence-corrected chi connectivity index (χ4v) is 1.79. The fraction of sp³-hybridized carbons (Fsp3) is 0.625. The first-order valence-electron chi connectivity index (χ1n) is 7.56. The standard InChI is InChI=1S/C16H28N4O.HI/c1-13(2)12-21-10-6-9-19-16(17-4)20-11-15-14(3)7-5-8-18-15;/h5,7-8,13H,6,9-12H2,1-4H3,(H2,17,19,20);1H. The number of ether oxygens (including phenoxy) is 1. The van der Waals surface area contributed by atoms with Crippen LogP contribution >= 0.6 is 24.0 Å². The minimum Gasteiger partial charge on any atom is -0.381 e. The van der Waals surface area contributed by atoms with E-state index in [-0.39, 0.29) is 24.0 Å². The second-order valence-corrected chi connectivity index (χ2v) is 5.44. The summed E-state index contributed by atoms with van der Waals surface area (Å²) < 4.78 is 5.55. The monoisotopic (exact) mass is 420 g/mol. The third-order valence-corrected chi connectivity index (χ3v) is 2.97. The van der Waals surface area contributed by atoms with Crippen molar-refractivity contribution in [1.82, 2.24) is 15.6 Å². The third-order valence-electron chi connectivity index (χ3n) is 2.97. The smallest absolute Gasteiger partial charge is 0.191 e. The molecule has 22 heavy (non-hydrogen) atoms. The van der Waals surface area contributed by atoms with Gasteiger partial charge in [0.05, 0.1) is 12.2 Å². The summed E-state index contributed by atoms with van der Waals surface area (Å²) in [6.07, 6.45) is 2.78. The highest BCUT2D eigenvalue weighted by Gasteiger charge is 2.01. The Morgan fingerprint density at radius 2 is 2.14 bits per heavy atom. The van der Waals surface area contributed by atoms with Crippen LogP contribution < -0.4 is 10.6 Å². The van der Waals surface area contributed by atoms with Crippen molar-refractivity contribution in [3.63, 3.8) is 0 Å². The second kappa shape index (κ2) is 12.6. The first-order chi connectivity index (χ1) is 10.1. The lowest BCUT2D eigenvalue weighted by Gasteiger charge is -2.13. The van der Waals surface area contributed by atoms with Crippen LogP contribution in [0.3, 0.4) is 0 Å². The Hall–Kier alpha value is -0.890. The number of nitrogens with one attached hydrogen (secondary N) is 2. The number of halogens is 1. The topological polar surface area (TPSA) is 58.5 Å². The van der Waals surface area contributed by atoms with Crippen molar-refractivity contribution in [3.05, 3.63) is 29.6 Å². The summed E-state index contributed by atoms with van der Waals surface area (Å²) in [5.41, 5.74) is 2.23. The van der Waals surface area contributed by atoms with Crippen LogP contribution in [-0.4, -0.2) is 37.7 Å². The molecule has 0 aliphatic carbocycles. The van der Waals surface area contributed by atoms with Gasteiger partial charge in [-0.05, 0) is 30.9 Å². The van der Waals surface area contributed by atoms with Gasteiger partial charge in [-0.2, -0.15) is 0 Å². The van der Waals surface area contributed by atoms with E-state index in [4.69, 9.17) is 4.74 Å². The van der Waals surface area contributed by atoms with E-state index in [1.807, 2.05) is 12.3 Å². The van der Waals surface area contributed by atoms with Crippen LogP contribution in [-0.2, 0) is 11.3 Å². The van der Waals surface area contributed by atoms with Crippen LogP contribution in [0.5, 0.6) is 0 Å². The van der Waals surface area contributed by atoms with E-state index in [1.165, 1.54) is 5.56 Å². The summed E-state index contributed by atoms with van der Waals surface area (Å²) in [5, 5.41) is 6.55. The maximum Gasteiger partial charge on any atom is 0.191 e. The molecule has 0 fully saturated rings. The van der Waals surface area contributed by atoms with Gasteiger partial charge in [-0.25, -0.2) is 0 Å². The molecule has 1 aromatic heterocycles.